The molecule has 0 radical (unpaired) electrons. The Kier molecular flexibility index (Phi) is 6.82. The van der Waals surface area contributed by atoms with Gasteiger partial charge in [-0.2, -0.15) is 0 Å². The Balaban J connectivity index is 1.34. The van der Waals surface area contributed by atoms with Crippen LogP contribution in [-0.2, 0) is 0 Å². The van der Waals surface area contributed by atoms with Crippen molar-refractivity contribution in [3.8, 4) is 5.75 Å². The molecule has 4 rings (SSSR count). The molecule has 1 saturated heterocycles. The van der Waals surface area contributed by atoms with Gasteiger partial charge in [0.15, 0.2) is 0 Å². The van der Waals surface area contributed by atoms with Crippen LogP contribution in [0.3, 0.4) is 0 Å². The predicted octanol–water partition coefficient (Wildman–Crippen LogP) is 4.84. The van der Waals surface area contributed by atoms with Gasteiger partial charge in [0.1, 0.15) is 17.5 Å². The Labute approximate surface area is 182 Å². The summed E-state index contributed by atoms with van der Waals surface area (Å²) in [6.07, 6.45) is 5.74. The van der Waals surface area contributed by atoms with Crippen LogP contribution in [0, 0.1) is 0 Å². The number of carbonyl (C=O) groups excluding carboxylic acids is 1. The number of aliphatic imine (C=N–C) groups is 1. The third-order valence-corrected chi connectivity index (χ3v) is 5.69. The highest BCUT2D eigenvalue weighted by Crippen LogP contribution is 2.28. The van der Waals surface area contributed by atoms with Gasteiger partial charge in [-0.3, -0.25) is 14.7 Å². The number of rotatable bonds is 7. The van der Waals surface area contributed by atoms with Crippen LogP contribution in [0.5, 0.6) is 5.75 Å². The number of hydrogen-bond donors (Lipinski definition) is 1. The van der Waals surface area contributed by atoms with Crippen LogP contribution in [0.15, 0.2) is 59.6 Å². The highest BCUT2D eigenvalue weighted by Gasteiger charge is 2.15. The van der Waals surface area contributed by atoms with E-state index >= 15 is 0 Å². The van der Waals surface area contributed by atoms with Gasteiger partial charge in [-0.1, -0.05) is 36.2 Å². The molecular weight excluding hydrogens is 398 g/mol. The lowest BCUT2D eigenvalue weighted by Crippen LogP contribution is -2.33. The van der Waals surface area contributed by atoms with Gasteiger partial charge in [0, 0.05) is 23.4 Å². The molecule has 156 valence electrons. The second-order valence-electron chi connectivity index (χ2n) is 7.58. The third kappa shape index (κ3) is 5.29. The normalized spacial score (nSPS) is 16.7. The molecule has 0 spiro atoms. The summed E-state index contributed by atoms with van der Waals surface area (Å²) in [5.74, 6) is 0.625. The molecule has 5 nitrogen and oxygen atoms in total. The van der Waals surface area contributed by atoms with Crippen molar-refractivity contribution < 1.29 is 9.53 Å². The molecular formula is C24H26ClN3O2. The van der Waals surface area contributed by atoms with Crippen molar-refractivity contribution in [2.75, 3.05) is 38.1 Å². The van der Waals surface area contributed by atoms with Gasteiger partial charge < -0.3 is 10.1 Å². The third-order valence-electron chi connectivity index (χ3n) is 5.46. The number of para-hydroxylation sites is 1. The van der Waals surface area contributed by atoms with E-state index in [4.69, 9.17) is 16.3 Å². The number of carbonyl (C=O) groups is 1. The summed E-state index contributed by atoms with van der Waals surface area (Å²) in [6, 6.07) is 15.0. The number of allylic oxidation sites excluding steroid dienone is 1. The average molecular weight is 424 g/mol. The van der Waals surface area contributed by atoms with E-state index in [1.807, 2.05) is 42.5 Å². The molecule has 6 heteroatoms. The summed E-state index contributed by atoms with van der Waals surface area (Å²) in [5, 5.41) is 3.49. The molecule has 1 fully saturated rings. The summed E-state index contributed by atoms with van der Waals surface area (Å²) in [7, 11) is 0. The molecule has 2 aromatic carbocycles. The number of likely N-dealkylation sites (tertiary alicyclic amines) is 1. The number of ether oxygens (including phenoxy) is 1. The van der Waals surface area contributed by atoms with Gasteiger partial charge in [0.05, 0.1) is 6.54 Å². The Morgan fingerprint density at radius 2 is 1.83 bits per heavy atom. The van der Waals surface area contributed by atoms with Crippen LogP contribution in [0.4, 0.5) is 5.69 Å². The maximum atomic E-state index is 12.7. The van der Waals surface area contributed by atoms with E-state index in [9.17, 15) is 4.79 Å². The zero-order valence-electron chi connectivity index (χ0n) is 16.9. The monoisotopic (exact) mass is 423 g/mol. The van der Waals surface area contributed by atoms with E-state index in [-0.39, 0.29) is 5.91 Å². The smallest absolute Gasteiger partial charge is 0.255 e. The Hall–Kier alpha value is -2.63. The number of hydrogen-bond acceptors (Lipinski definition) is 4. The van der Waals surface area contributed by atoms with Gasteiger partial charge in [-0.05, 0) is 67.9 Å². The fourth-order valence-electron chi connectivity index (χ4n) is 3.80. The number of benzene rings is 2. The zero-order chi connectivity index (χ0) is 20.8. The Morgan fingerprint density at radius 1 is 1.07 bits per heavy atom. The first-order valence-electron chi connectivity index (χ1n) is 10.5. The summed E-state index contributed by atoms with van der Waals surface area (Å²) in [5.41, 5.74) is 3.26. The minimum absolute atomic E-state index is 0.159. The first kappa shape index (κ1) is 20.6. The van der Waals surface area contributed by atoms with E-state index in [2.05, 4.69) is 15.2 Å². The van der Waals surface area contributed by atoms with E-state index in [1.54, 1.807) is 12.1 Å². The number of halogens is 1. The van der Waals surface area contributed by atoms with Crippen LogP contribution >= 0.6 is 11.6 Å². The molecule has 0 bridgehead atoms. The average Bonchev–Trinajstić information content (AvgIpc) is 3.21. The fourth-order valence-corrected chi connectivity index (χ4v) is 3.99. The number of anilines is 1. The zero-order valence-corrected chi connectivity index (χ0v) is 17.7. The lowest BCUT2D eigenvalue weighted by Gasteiger charge is -2.26. The van der Waals surface area contributed by atoms with Crippen molar-refractivity contribution in [2.24, 2.45) is 4.99 Å². The van der Waals surface area contributed by atoms with Crippen molar-refractivity contribution in [1.82, 2.24) is 4.90 Å². The molecule has 2 heterocycles. The highest BCUT2D eigenvalue weighted by molar-refractivity contribution is 6.69. The van der Waals surface area contributed by atoms with Crippen molar-refractivity contribution in [2.45, 2.75) is 19.3 Å². The Bertz CT molecular complexity index is 947. The molecule has 1 N–H and O–H groups in total. The van der Waals surface area contributed by atoms with Crippen LogP contribution in [-0.4, -0.2) is 48.8 Å². The first-order valence-corrected chi connectivity index (χ1v) is 10.8. The van der Waals surface area contributed by atoms with Crippen molar-refractivity contribution in [3.05, 3.63) is 65.7 Å². The minimum Gasteiger partial charge on any atom is -0.492 e. The molecule has 0 saturated carbocycles. The van der Waals surface area contributed by atoms with Crippen molar-refractivity contribution in [1.29, 1.82) is 0 Å². The minimum atomic E-state index is -0.159. The molecule has 2 aliphatic rings. The standard InChI is InChI=1S/C24H26ClN3O2/c25-23-16-19(17-26-23)21-6-2-3-7-22(21)27-24(29)18-8-10-20(11-9-18)30-15-14-28-12-4-1-5-13-28/h2-3,6-11,16H,1,4-5,12-15,17H2,(H,27,29). The van der Waals surface area contributed by atoms with E-state index in [1.165, 1.54) is 32.4 Å². The first-order chi connectivity index (χ1) is 14.7. The van der Waals surface area contributed by atoms with E-state index in [0.29, 0.717) is 23.9 Å². The molecule has 2 aromatic rings. The molecule has 2 aliphatic heterocycles. The number of piperidine rings is 1. The van der Waals surface area contributed by atoms with Crippen molar-refractivity contribution >= 4 is 33.9 Å². The quantitative estimate of drug-likeness (QED) is 0.693. The molecule has 0 unspecified atom stereocenters. The van der Waals surface area contributed by atoms with Gasteiger partial charge >= 0.3 is 0 Å². The molecule has 1 amide bonds. The number of amides is 1. The number of nitrogens with zero attached hydrogens (tertiary/aromatic N) is 2. The topological polar surface area (TPSA) is 53.9 Å². The van der Waals surface area contributed by atoms with Crippen molar-refractivity contribution in [3.63, 3.8) is 0 Å². The van der Waals surface area contributed by atoms with Gasteiger partial charge in [-0.15, -0.1) is 0 Å². The van der Waals surface area contributed by atoms with Crippen LogP contribution in [0.1, 0.15) is 35.2 Å². The largest absolute Gasteiger partial charge is 0.492 e. The maximum absolute atomic E-state index is 12.7. The van der Waals surface area contributed by atoms with Crippen LogP contribution in [0.2, 0.25) is 0 Å². The summed E-state index contributed by atoms with van der Waals surface area (Å²) in [4.78, 5) is 19.4. The van der Waals surface area contributed by atoms with Crippen LogP contribution < -0.4 is 10.1 Å². The lowest BCUT2D eigenvalue weighted by atomic mass is 10.0. The molecule has 0 aromatic heterocycles. The second kappa shape index (κ2) is 9.92. The van der Waals surface area contributed by atoms with Gasteiger partial charge in [-0.25, -0.2) is 0 Å². The van der Waals surface area contributed by atoms with E-state index in [0.717, 1.165) is 29.1 Å². The molecule has 30 heavy (non-hydrogen) atoms. The molecule has 0 aliphatic carbocycles. The Morgan fingerprint density at radius 3 is 2.57 bits per heavy atom. The highest BCUT2D eigenvalue weighted by atomic mass is 35.5. The SMILES string of the molecule is O=C(Nc1ccccc1C1=CC(Cl)=NC1)c1ccc(OCCN2CCCCC2)cc1. The molecule has 0 atom stereocenters. The maximum Gasteiger partial charge on any atom is 0.255 e. The summed E-state index contributed by atoms with van der Waals surface area (Å²) < 4.78 is 5.85. The van der Waals surface area contributed by atoms with Crippen LogP contribution in [0.25, 0.3) is 5.57 Å². The van der Waals surface area contributed by atoms with Gasteiger partial charge in [0.2, 0.25) is 0 Å². The van der Waals surface area contributed by atoms with E-state index < -0.39 is 0 Å². The lowest BCUT2D eigenvalue weighted by molar-refractivity contribution is 0.102. The predicted molar refractivity (Wildman–Crippen MR) is 123 cm³/mol. The number of nitrogens with one attached hydrogen (secondary N) is 1. The summed E-state index contributed by atoms with van der Waals surface area (Å²) in [6.45, 7) is 4.47. The second-order valence-corrected chi connectivity index (χ2v) is 7.97. The summed E-state index contributed by atoms with van der Waals surface area (Å²) >= 11 is 5.98. The van der Waals surface area contributed by atoms with Gasteiger partial charge in [0.25, 0.3) is 5.91 Å². The fraction of sp³-hybridized carbons (Fsp3) is 0.333.